The third kappa shape index (κ3) is 3.14. The largest absolute Gasteiger partial charge is 0.495 e. The highest BCUT2D eigenvalue weighted by atomic mass is 32.2. The number of nitrogens with one attached hydrogen (secondary N) is 1. The van der Waals surface area contributed by atoms with Crippen LogP contribution < -0.4 is 14.8 Å². The zero-order valence-electron chi connectivity index (χ0n) is 13.5. The van der Waals surface area contributed by atoms with Crippen molar-refractivity contribution in [3.8, 4) is 11.5 Å². The van der Waals surface area contributed by atoms with Gasteiger partial charge in [0.25, 0.3) is 5.91 Å². The number of carboxylic acids is 1. The molecule has 1 unspecified atom stereocenters. The number of carbonyl (C=O) groups excluding carboxylic acids is 1. The van der Waals surface area contributed by atoms with E-state index in [9.17, 15) is 23.1 Å². The van der Waals surface area contributed by atoms with Gasteiger partial charge in [0.05, 0.1) is 12.8 Å². The second-order valence-corrected chi connectivity index (χ2v) is 7.66. The number of carboxylic acid groups (broad SMARTS) is 1. The van der Waals surface area contributed by atoms with Crippen LogP contribution in [-0.2, 0) is 19.6 Å². The number of piperidine rings is 1. The number of rotatable bonds is 4. The number of aliphatic carboxylic acids is 1. The van der Waals surface area contributed by atoms with Crippen molar-refractivity contribution in [3.63, 3.8) is 0 Å². The number of sulfonamides is 1. The van der Waals surface area contributed by atoms with Crippen LogP contribution in [0.2, 0.25) is 0 Å². The van der Waals surface area contributed by atoms with Crippen LogP contribution in [0.1, 0.15) is 19.3 Å². The number of carbonyl (C=O) groups is 2. The molecule has 1 atom stereocenters. The van der Waals surface area contributed by atoms with Gasteiger partial charge < -0.3 is 19.9 Å². The van der Waals surface area contributed by atoms with Crippen LogP contribution in [0.5, 0.6) is 11.5 Å². The molecule has 2 heterocycles. The molecule has 2 aliphatic rings. The Balaban J connectivity index is 2.07. The lowest BCUT2D eigenvalue weighted by Crippen LogP contribution is -2.47. The first-order chi connectivity index (χ1) is 11.8. The summed E-state index contributed by atoms with van der Waals surface area (Å²) in [6.07, 6.45) is 1.50. The van der Waals surface area contributed by atoms with Gasteiger partial charge in [0, 0.05) is 18.7 Å². The standard InChI is InChI=1S/C15H18N2O7S/c1-23-12-6-9-11(24-8-14(18)16-9)7-13(12)25(21,22)17-5-3-2-4-10(17)15(19)20/h6-7,10H,2-5,8H2,1H3,(H,16,18)(H,19,20). The number of methoxy groups -OCH3 is 1. The van der Waals surface area contributed by atoms with Crippen molar-refractivity contribution in [1.82, 2.24) is 4.31 Å². The van der Waals surface area contributed by atoms with Crippen LogP contribution >= 0.6 is 0 Å². The van der Waals surface area contributed by atoms with Crippen LogP contribution in [0.3, 0.4) is 0 Å². The van der Waals surface area contributed by atoms with E-state index in [1.807, 2.05) is 0 Å². The lowest BCUT2D eigenvalue weighted by Gasteiger charge is -2.32. The molecule has 0 spiro atoms. The predicted octanol–water partition coefficient (Wildman–Crippen LogP) is 0.654. The van der Waals surface area contributed by atoms with Gasteiger partial charge in [-0.2, -0.15) is 4.31 Å². The second-order valence-electron chi connectivity index (χ2n) is 5.80. The van der Waals surface area contributed by atoms with Crippen LogP contribution in [0.25, 0.3) is 0 Å². The quantitative estimate of drug-likeness (QED) is 0.798. The number of amides is 1. The van der Waals surface area contributed by atoms with Crippen molar-refractivity contribution >= 4 is 27.6 Å². The van der Waals surface area contributed by atoms with E-state index >= 15 is 0 Å². The summed E-state index contributed by atoms with van der Waals surface area (Å²) in [5.41, 5.74) is 0.306. The summed E-state index contributed by atoms with van der Waals surface area (Å²) in [4.78, 5) is 22.7. The summed E-state index contributed by atoms with van der Waals surface area (Å²) >= 11 is 0. The van der Waals surface area contributed by atoms with Crippen LogP contribution in [0, 0.1) is 0 Å². The molecule has 136 valence electrons. The van der Waals surface area contributed by atoms with Crippen molar-refractivity contribution < 1.29 is 32.6 Å². The molecule has 1 aromatic rings. The Morgan fingerprint density at radius 1 is 1.40 bits per heavy atom. The molecule has 9 nitrogen and oxygen atoms in total. The van der Waals surface area contributed by atoms with Gasteiger partial charge in [0.1, 0.15) is 22.4 Å². The number of anilines is 1. The fraction of sp³-hybridized carbons (Fsp3) is 0.467. The minimum Gasteiger partial charge on any atom is -0.495 e. The number of hydrogen-bond acceptors (Lipinski definition) is 6. The Labute approximate surface area is 144 Å². The number of hydrogen-bond donors (Lipinski definition) is 2. The van der Waals surface area contributed by atoms with E-state index in [1.165, 1.54) is 19.2 Å². The molecule has 25 heavy (non-hydrogen) atoms. The van der Waals surface area contributed by atoms with Gasteiger partial charge in [0.15, 0.2) is 6.61 Å². The smallest absolute Gasteiger partial charge is 0.322 e. The summed E-state index contributed by atoms with van der Waals surface area (Å²) in [5, 5.41) is 11.9. The molecule has 0 radical (unpaired) electrons. The first-order valence-corrected chi connectivity index (χ1v) is 9.18. The first-order valence-electron chi connectivity index (χ1n) is 7.74. The highest BCUT2D eigenvalue weighted by Gasteiger charge is 2.39. The molecule has 10 heteroatoms. The third-order valence-electron chi connectivity index (χ3n) is 4.22. The molecular formula is C15H18N2O7S. The Hall–Kier alpha value is -2.33. The molecule has 0 aliphatic carbocycles. The average molecular weight is 370 g/mol. The monoisotopic (exact) mass is 370 g/mol. The summed E-state index contributed by atoms with van der Waals surface area (Å²) in [6.45, 7) is -0.0998. The molecule has 3 rings (SSSR count). The number of ether oxygens (including phenoxy) is 2. The first kappa shape index (κ1) is 17.5. The molecule has 0 bridgehead atoms. The molecule has 1 amide bonds. The molecule has 1 saturated heterocycles. The van der Waals surface area contributed by atoms with Gasteiger partial charge in [-0.3, -0.25) is 9.59 Å². The fourth-order valence-electron chi connectivity index (χ4n) is 3.01. The van der Waals surface area contributed by atoms with Crippen LogP contribution in [0.4, 0.5) is 5.69 Å². The Bertz CT molecular complexity index is 821. The molecule has 1 aromatic carbocycles. The summed E-state index contributed by atoms with van der Waals surface area (Å²) in [5.74, 6) is -1.32. The Kier molecular flexibility index (Phi) is 4.56. The van der Waals surface area contributed by atoms with E-state index in [0.29, 0.717) is 18.5 Å². The van der Waals surface area contributed by atoms with Crippen molar-refractivity contribution in [3.05, 3.63) is 12.1 Å². The highest BCUT2D eigenvalue weighted by Crippen LogP contribution is 2.39. The summed E-state index contributed by atoms with van der Waals surface area (Å²) in [7, 11) is -2.81. The van der Waals surface area contributed by atoms with Crippen molar-refractivity contribution in [2.24, 2.45) is 0 Å². The lowest BCUT2D eigenvalue weighted by molar-refractivity contribution is -0.142. The third-order valence-corrected chi connectivity index (χ3v) is 6.15. The molecule has 2 aliphatic heterocycles. The zero-order valence-corrected chi connectivity index (χ0v) is 14.3. The minimum absolute atomic E-state index is 0.0132. The fourth-order valence-corrected chi connectivity index (χ4v) is 4.82. The SMILES string of the molecule is COc1cc2c(cc1S(=O)(=O)N1CCCCC1C(=O)O)OCC(=O)N2. The summed E-state index contributed by atoms with van der Waals surface area (Å²) < 4.78 is 37.6. The molecule has 2 N–H and O–H groups in total. The lowest BCUT2D eigenvalue weighted by atomic mass is 10.1. The van der Waals surface area contributed by atoms with Crippen molar-refractivity contribution in [2.45, 2.75) is 30.2 Å². The van der Waals surface area contributed by atoms with Gasteiger partial charge in [-0.1, -0.05) is 0 Å². The second kappa shape index (κ2) is 6.52. The molecule has 0 aromatic heterocycles. The van der Waals surface area contributed by atoms with Gasteiger partial charge in [-0.25, -0.2) is 8.42 Å². The molecule has 1 fully saturated rings. The van der Waals surface area contributed by atoms with E-state index in [4.69, 9.17) is 9.47 Å². The molecular weight excluding hydrogens is 352 g/mol. The number of fused-ring (bicyclic) bond motifs is 1. The van der Waals surface area contributed by atoms with Crippen molar-refractivity contribution in [2.75, 3.05) is 25.6 Å². The van der Waals surface area contributed by atoms with Crippen LogP contribution in [-0.4, -0.2) is 56.0 Å². The minimum atomic E-state index is -4.11. The average Bonchev–Trinajstić information content (AvgIpc) is 2.60. The van der Waals surface area contributed by atoms with Crippen LogP contribution in [0.15, 0.2) is 17.0 Å². The summed E-state index contributed by atoms with van der Waals surface area (Å²) in [6, 6.07) is 1.51. The maximum absolute atomic E-state index is 13.1. The van der Waals surface area contributed by atoms with Gasteiger partial charge >= 0.3 is 5.97 Å². The van der Waals surface area contributed by atoms with Gasteiger partial charge in [0.2, 0.25) is 10.0 Å². The van der Waals surface area contributed by atoms with Gasteiger partial charge in [-0.05, 0) is 19.3 Å². The molecule has 0 saturated carbocycles. The van der Waals surface area contributed by atoms with E-state index in [0.717, 1.165) is 4.31 Å². The van der Waals surface area contributed by atoms with E-state index in [2.05, 4.69) is 5.32 Å². The van der Waals surface area contributed by atoms with E-state index < -0.39 is 22.0 Å². The maximum Gasteiger partial charge on any atom is 0.322 e. The number of benzene rings is 1. The Morgan fingerprint density at radius 2 is 2.16 bits per heavy atom. The van der Waals surface area contributed by atoms with Crippen molar-refractivity contribution in [1.29, 1.82) is 0 Å². The highest BCUT2D eigenvalue weighted by molar-refractivity contribution is 7.89. The zero-order chi connectivity index (χ0) is 18.2. The van der Waals surface area contributed by atoms with E-state index in [1.54, 1.807) is 0 Å². The van der Waals surface area contributed by atoms with Gasteiger partial charge in [-0.15, -0.1) is 0 Å². The van der Waals surface area contributed by atoms with E-state index in [-0.39, 0.29) is 41.9 Å². The normalized spacial score (nSPS) is 21.0. The topological polar surface area (TPSA) is 122 Å². The Morgan fingerprint density at radius 3 is 2.84 bits per heavy atom. The predicted molar refractivity (Wildman–Crippen MR) is 86.3 cm³/mol. The number of nitrogens with zero attached hydrogens (tertiary/aromatic N) is 1. The maximum atomic E-state index is 13.1.